The highest BCUT2D eigenvalue weighted by atomic mass is 16.5. The van der Waals surface area contributed by atoms with Crippen molar-refractivity contribution in [3.63, 3.8) is 0 Å². The molecule has 4 nitrogen and oxygen atoms in total. The molecular formula is C17H26N2O2. The van der Waals surface area contributed by atoms with E-state index < -0.39 is 0 Å². The maximum Gasteiger partial charge on any atom is 0.241 e. The van der Waals surface area contributed by atoms with Crippen molar-refractivity contribution >= 4 is 5.91 Å². The molecule has 2 rings (SSSR count). The van der Waals surface area contributed by atoms with Gasteiger partial charge in [-0.25, -0.2) is 0 Å². The second kappa shape index (κ2) is 6.94. The molecule has 1 aromatic carbocycles. The first-order chi connectivity index (χ1) is 10.1. The van der Waals surface area contributed by atoms with Gasteiger partial charge >= 0.3 is 0 Å². The van der Waals surface area contributed by atoms with E-state index in [9.17, 15) is 4.79 Å². The Morgan fingerprint density at radius 2 is 2.05 bits per heavy atom. The third-order valence-corrected chi connectivity index (χ3v) is 4.21. The summed E-state index contributed by atoms with van der Waals surface area (Å²) in [5.74, 6) is 1.03. The third-order valence-electron chi connectivity index (χ3n) is 4.21. The van der Waals surface area contributed by atoms with Crippen LogP contribution in [0.1, 0.15) is 51.8 Å². The summed E-state index contributed by atoms with van der Waals surface area (Å²) >= 11 is 0. The Hall–Kier alpha value is -1.55. The quantitative estimate of drug-likeness (QED) is 0.875. The Balaban J connectivity index is 2.36. The smallest absolute Gasteiger partial charge is 0.241 e. The predicted octanol–water partition coefficient (Wildman–Crippen LogP) is 3.09. The van der Waals surface area contributed by atoms with Crippen LogP contribution in [0.3, 0.4) is 0 Å². The maximum absolute atomic E-state index is 12.7. The highest BCUT2D eigenvalue weighted by molar-refractivity contribution is 5.85. The van der Waals surface area contributed by atoms with Crippen LogP contribution in [0.25, 0.3) is 0 Å². The minimum Gasteiger partial charge on any atom is -0.496 e. The molecule has 0 radical (unpaired) electrons. The number of carbonyl (C=O) groups excluding carboxylic acids is 1. The van der Waals surface area contributed by atoms with E-state index in [2.05, 4.69) is 19.2 Å². The second-order valence-corrected chi connectivity index (χ2v) is 5.66. The molecule has 1 saturated heterocycles. The molecule has 1 aromatic rings. The summed E-state index contributed by atoms with van der Waals surface area (Å²) in [7, 11) is 1.67. The van der Waals surface area contributed by atoms with Crippen LogP contribution in [0.4, 0.5) is 0 Å². The SMILES string of the molecule is CCCC(C)N1C(=O)C(CC)NC1c1ccccc1OC. The number of methoxy groups -OCH3 is 1. The number of hydrogen-bond donors (Lipinski definition) is 1. The third kappa shape index (κ3) is 3.05. The van der Waals surface area contributed by atoms with Crippen molar-refractivity contribution in [2.45, 2.75) is 58.3 Å². The molecule has 0 aromatic heterocycles. The Labute approximate surface area is 127 Å². The normalized spacial score (nSPS) is 23.4. The van der Waals surface area contributed by atoms with Crippen LogP contribution in [0.15, 0.2) is 24.3 Å². The zero-order chi connectivity index (χ0) is 15.4. The topological polar surface area (TPSA) is 41.6 Å². The van der Waals surface area contributed by atoms with Gasteiger partial charge in [-0.05, 0) is 25.8 Å². The lowest BCUT2D eigenvalue weighted by Gasteiger charge is -2.31. The number of carbonyl (C=O) groups is 1. The minimum atomic E-state index is -0.0979. The van der Waals surface area contributed by atoms with Gasteiger partial charge in [0.2, 0.25) is 5.91 Å². The van der Waals surface area contributed by atoms with E-state index >= 15 is 0 Å². The fourth-order valence-corrected chi connectivity index (χ4v) is 3.10. The van der Waals surface area contributed by atoms with Crippen molar-refractivity contribution in [1.29, 1.82) is 0 Å². The largest absolute Gasteiger partial charge is 0.496 e. The molecule has 3 unspecified atom stereocenters. The van der Waals surface area contributed by atoms with Crippen LogP contribution < -0.4 is 10.1 Å². The molecule has 0 bridgehead atoms. The van der Waals surface area contributed by atoms with Gasteiger partial charge in [-0.1, -0.05) is 38.5 Å². The number of nitrogens with zero attached hydrogens (tertiary/aromatic N) is 1. The molecule has 1 aliphatic rings. The molecule has 1 aliphatic heterocycles. The summed E-state index contributed by atoms with van der Waals surface area (Å²) in [5.41, 5.74) is 1.03. The molecule has 1 heterocycles. The van der Waals surface area contributed by atoms with Crippen molar-refractivity contribution in [2.24, 2.45) is 0 Å². The fourth-order valence-electron chi connectivity index (χ4n) is 3.10. The van der Waals surface area contributed by atoms with Gasteiger partial charge in [0.25, 0.3) is 0 Å². The molecule has 116 valence electrons. The van der Waals surface area contributed by atoms with Crippen molar-refractivity contribution in [3.05, 3.63) is 29.8 Å². The van der Waals surface area contributed by atoms with E-state index in [-0.39, 0.29) is 24.2 Å². The molecule has 0 aliphatic carbocycles. The Kier molecular flexibility index (Phi) is 5.23. The van der Waals surface area contributed by atoms with E-state index in [0.717, 1.165) is 30.6 Å². The molecular weight excluding hydrogens is 264 g/mol. The van der Waals surface area contributed by atoms with Crippen LogP contribution in [0.5, 0.6) is 5.75 Å². The molecule has 0 saturated carbocycles. The van der Waals surface area contributed by atoms with Gasteiger partial charge in [0.15, 0.2) is 0 Å². The van der Waals surface area contributed by atoms with Gasteiger partial charge in [0.1, 0.15) is 11.9 Å². The number of hydrogen-bond acceptors (Lipinski definition) is 3. The number of rotatable bonds is 6. The average molecular weight is 290 g/mol. The summed E-state index contributed by atoms with van der Waals surface area (Å²) in [6.07, 6.45) is 2.79. The van der Waals surface area contributed by atoms with Gasteiger partial charge < -0.3 is 9.64 Å². The lowest BCUT2D eigenvalue weighted by atomic mass is 10.1. The van der Waals surface area contributed by atoms with E-state index in [4.69, 9.17) is 4.74 Å². The Morgan fingerprint density at radius 1 is 1.33 bits per heavy atom. The number of amides is 1. The number of benzene rings is 1. The molecule has 4 heteroatoms. The van der Waals surface area contributed by atoms with Crippen LogP contribution in [0.2, 0.25) is 0 Å². The number of ether oxygens (including phenoxy) is 1. The molecule has 1 N–H and O–H groups in total. The zero-order valence-corrected chi connectivity index (χ0v) is 13.4. The molecule has 21 heavy (non-hydrogen) atoms. The van der Waals surface area contributed by atoms with Crippen molar-refractivity contribution in [3.8, 4) is 5.75 Å². The van der Waals surface area contributed by atoms with Gasteiger partial charge in [-0.15, -0.1) is 0 Å². The minimum absolute atomic E-state index is 0.0971. The monoisotopic (exact) mass is 290 g/mol. The van der Waals surface area contributed by atoms with Crippen LogP contribution in [-0.4, -0.2) is 30.0 Å². The van der Waals surface area contributed by atoms with Crippen LogP contribution in [0, 0.1) is 0 Å². The highest BCUT2D eigenvalue weighted by Gasteiger charge is 2.41. The summed E-state index contributed by atoms with van der Waals surface area (Å²) in [6.45, 7) is 6.33. The average Bonchev–Trinajstić information content (AvgIpc) is 2.84. The van der Waals surface area contributed by atoms with Crippen LogP contribution >= 0.6 is 0 Å². The lowest BCUT2D eigenvalue weighted by Crippen LogP contribution is -2.38. The van der Waals surface area contributed by atoms with E-state index in [1.807, 2.05) is 36.1 Å². The summed E-state index contributed by atoms with van der Waals surface area (Å²) in [5, 5.41) is 3.47. The Bertz CT molecular complexity index is 489. The fraction of sp³-hybridized carbons (Fsp3) is 0.588. The number of nitrogens with one attached hydrogen (secondary N) is 1. The lowest BCUT2D eigenvalue weighted by molar-refractivity contribution is -0.132. The predicted molar refractivity (Wildman–Crippen MR) is 84.2 cm³/mol. The molecule has 1 fully saturated rings. The van der Waals surface area contributed by atoms with Crippen LogP contribution in [-0.2, 0) is 4.79 Å². The van der Waals surface area contributed by atoms with Gasteiger partial charge in [0, 0.05) is 11.6 Å². The molecule has 1 amide bonds. The summed E-state index contributed by atoms with van der Waals surface area (Å²) in [6, 6.07) is 8.06. The van der Waals surface area contributed by atoms with Crippen molar-refractivity contribution < 1.29 is 9.53 Å². The first kappa shape index (κ1) is 15.8. The molecule has 0 spiro atoms. The van der Waals surface area contributed by atoms with Crippen molar-refractivity contribution in [1.82, 2.24) is 10.2 Å². The van der Waals surface area contributed by atoms with E-state index in [0.29, 0.717) is 0 Å². The van der Waals surface area contributed by atoms with Gasteiger partial charge in [-0.2, -0.15) is 0 Å². The molecule has 3 atom stereocenters. The van der Waals surface area contributed by atoms with Gasteiger partial charge in [0.05, 0.1) is 13.2 Å². The second-order valence-electron chi connectivity index (χ2n) is 5.66. The zero-order valence-electron chi connectivity index (χ0n) is 13.4. The summed E-state index contributed by atoms with van der Waals surface area (Å²) in [4.78, 5) is 14.7. The van der Waals surface area contributed by atoms with Gasteiger partial charge in [-0.3, -0.25) is 10.1 Å². The van der Waals surface area contributed by atoms with E-state index in [1.165, 1.54) is 0 Å². The van der Waals surface area contributed by atoms with Crippen molar-refractivity contribution in [2.75, 3.05) is 7.11 Å². The number of para-hydroxylation sites is 1. The standard InChI is InChI=1S/C17H26N2O2/c1-5-9-12(3)19-16(18-14(6-2)17(19)20)13-10-7-8-11-15(13)21-4/h7-8,10-12,14,16,18H,5-6,9H2,1-4H3. The van der Waals surface area contributed by atoms with E-state index in [1.54, 1.807) is 7.11 Å². The highest BCUT2D eigenvalue weighted by Crippen LogP contribution is 2.34. The first-order valence-electron chi connectivity index (χ1n) is 7.85. The summed E-state index contributed by atoms with van der Waals surface area (Å²) < 4.78 is 5.47. The maximum atomic E-state index is 12.7. The Morgan fingerprint density at radius 3 is 2.67 bits per heavy atom. The first-order valence-corrected chi connectivity index (χ1v) is 7.85.